The number of nitrogens with one attached hydrogen (secondary N) is 1. The van der Waals surface area contributed by atoms with Gasteiger partial charge in [0, 0.05) is 31.4 Å². The molecule has 3 rings (SSSR count). The van der Waals surface area contributed by atoms with Gasteiger partial charge in [-0.1, -0.05) is 19.3 Å². The van der Waals surface area contributed by atoms with Crippen LogP contribution in [0.1, 0.15) is 37.9 Å². The van der Waals surface area contributed by atoms with Crippen molar-refractivity contribution in [2.45, 2.75) is 49.5 Å². The van der Waals surface area contributed by atoms with Crippen LogP contribution in [-0.2, 0) is 14.6 Å². The molecule has 1 aromatic heterocycles. The molecule has 0 aromatic carbocycles. The lowest BCUT2D eigenvalue weighted by atomic mass is 9.79. The topological polar surface area (TPSA) is 84.4 Å². The maximum Gasteiger partial charge on any atom is 0.180 e. The second kappa shape index (κ2) is 7.55. The van der Waals surface area contributed by atoms with Crippen LogP contribution in [0.4, 0.5) is 5.82 Å². The number of hydrogen-bond acceptors (Lipinski definition) is 7. The number of ether oxygens (including phenoxy) is 1. The summed E-state index contributed by atoms with van der Waals surface area (Å²) in [6.07, 6.45) is 8.54. The van der Waals surface area contributed by atoms with Gasteiger partial charge in [-0.25, -0.2) is 18.4 Å². The minimum absolute atomic E-state index is 0.0512. The van der Waals surface area contributed by atoms with Gasteiger partial charge in [-0.3, -0.25) is 4.90 Å². The van der Waals surface area contributed by atoms with Crippen LogP contribution in [0.15, 0.2) is 11.1 Å². The van der Waals surface area contributed by atoms with Gasteiger partial charge in [0.25, 0.3) is 0 Å². The second-order valence-corrected chi connectivity index (χ2v) is 9.12. The van der Waals surface area contributed by atoms with Gasteiger partial charge in [0.15, 0.2) is 9.84 Å². The molecule has 0 atom stereocenters. The van der Waals surface area contributed by atoms with Crippen LogP contribution in [0, 0.1) is 6.92 Å². The molecule has 1 aromatic rings. The van der Waals surface area contributed by atoms with Crippen molar-refractivity contribution in [2.75, 3.05) is 44.4 Å². The van der Waals surface area contributed by atoms with E-state index in [1.165, 1.54) is 31.7 Å². The molecule has 0 amide bonds. The van der Waals surface area contributed by atoms with E-state index in [2.05, 4.69) is 20.2 Å². The zero-order chi connectivity index (χ0) is 17.9. The third-order valence-corrected chi connectivity index (χ3v) is 6.42. The summed E-state index contributed by atoms with van der Waals surface area (Å²) in [6.45, 7) is 5.88. The van der Waals surface area contributed by atoms with Crippen molar-refractivity contribution in [2.24, 2.45) is 0 Å². The van der Waals surface area contributed by atoms with Crippen LogP contribution in [0.3, 0.4) is 0 Å². The predicted molar refractivity (Wildman–Crippen MR) is 96.6 cm³/mol. The molecule has 1 N–H and O–H groups in total. The highest BCUT2D eigenvalue weighted by Crippen LogP contribution is 2.35. The Balaban J connectivity index is 1.83. The van der Waals surface area contributed by atoms with Crippen molar-refractivity contribution in [3.8, 4) is 0 Å². The molecule has 2 aliphatic rings. The van der Waals surface area contributed by atoms with Crippen LogP contribution < -0.4 is 5.32 Å². The lowest BCUT2D eigenvalue weighted by Gasteiger charge is -2.48. The van der Waals surface area contributed by atoms with Crippen LogP contribution >= 0.6 is 0 Å². The van der Waals surface area contributed by atoms with Gasteiger partial charge in [-0.15, -0.1) is 0 Å². The van der Waals surface area contributed by atoms with Crippen LogP contribution in [0.25, 0.3) is 0 Å². The molecule has 1 saturated carbocycles. The largest absolute Gasteiger partial charge is 0.379 e. The zero-order valence-corrected chi connectivity index (χ0v) is 15.9. The van der Waals surface area contributed by atoms with E-state index in [4.69, 9.17) is 4.74 Å². The van der Waals surface area contributed by atoms with E-state index in [1.807, 2.05) is 0 Å². The molecule has 25 heavy (non-hydrogen) atoms. The Morgan fingerprint density at radius 3 is 2.56 bits per heavy atom. The first-order valence-electron chi connectivity index (χ1n) is 9.01. The van der Waals surface area contributed by atoms with E-state index >= 15 is 0 Å². The molecule has 1 aliphatic heterocycles. The van der Waals surface area contributed by atoms with E-state index in [0.29, 0.717) is 18.2 Å². The molecule has 140 valence electrons. The van der Waals surface area contributed by atoms with E-state index < -0.39 is 9.84 Å². The molecular formula is C17H28N4O3S. The fraction of sp³-hybridized carbons (Fsp3) is 0.765. The predicted octanol–water partition coefficient (Wildman–Crippen LogP) is 1.64. The number of anilines is 1. The van der Waals surface area contributed by atoms with E-state index in [0.717, 1.165) is 39.1 Å². The van der Waals surface area contributed by atoms with E-state index in [9.17, 15) is 8.42 Å². The minimum Gasteiger partial charge on any atom is -0.379 e. The standard InChI is InChI=1S/C17H28N4O3S/c1-14-18-12-15(25(2,22)23)16(20-14)19-13-17(6-4-3-5-7-17)21-8-10-24-11-9-21/h12H,3-11,13H2,1-2H3,(H,18,19,20). The Labute approximate surface area is 150 Å². The highest BCUT2D eigenvalue weighted by molar-refractivity contribution is 7.90. The first kappa shape index (κ1) is 18.5. The third-order valence-electron chi connectivity index (χ3n) is 5.33. The first-order valence-corrected chi connectivity index (χ1v) is 10.9. The quantitative estimate of drug-likeness (QED) is 0.845. The number of rotatable bonds is 5. The monoisotopic (exact) mass is 368 g/mol. The Morgan fingerprint density at radius 1 is 1.24 bits per heavy atom. The SMILES string of the molecule is Cc1ncc(S(C)(=O)=O)c(NCC2(N3CCOCC3)CCCCC2)n1. The molecule has 8 heteroatoms. The molecule has 1 saturated heterocycles. The summed E-state index contributed by atoms with van der Waals surface area (Å²) < 4.78 is 29.6. The zero-order valence-electron chi connectivity index (χ0n) is 15.1. The maximum absolute atomic E-state index is 12.1. The van der Waals surface area contributed by atoms with Crippen molar-refractivity contribution < 1.29 is 13.2 Å². The summed E-state index contributed by atoms with van der Waals surface area (Å²) in [4.78, 5) is 11.1. The number of sulfone groups is 1. The molecule has 0 unspecified atom stereocenters. The summed E-state index contributed by atoms with van der Waals surface area (Å²) >= 11 is 0. The average molecular weight is 369 g/mol. The molecule has 0 bridgehead atoms. The van der Waals surface area contributed by atoms with Gasteiger partial charge in [0.2, 0.25) is 0 Å². The lowest BCUT2D eigenvalue weighted by Crippen LogP contribution is -2.58. The van der Waals surface area contributed by atoms with Gasteiger partial charge < -0.3 is 10.1 Å². The normalized spacial score (nSPS) is 21.8. The summed E-state index contributed by atoms with van der Waals surface area (Å²) in [5, 5.41) is 3.36. The fourth-order valence-corrected chi connectivity index (χ4v) is 4.67. The van der Waals surface area contributed by atoms with Crippen LogP contribution in [0.5, 0.6) is 0 Å². The van der Waals surface area contributed by atoms with E-state index in [-0.39, 0.29) is 10.4 Å². The number of morpholine rings is 1. The van der Waals surface area contributed by atoms with Crippen molar-refractivity contribution in [1.29, 1.82) is 0 Å². The van der Waals surface area contributed by atoms with Crippen LogP contribution in [0.2, 0.25) is 0 Å². The molecule has 2 fully saturated rings. The molecule has 1 aliphatic carbocycles. The maximum atomic E-state index is 12.1. The molecule has 0 spiro atoms. The lowest BCUT2D eigenvalue weighted by molar-refractivity contribution is -0.0319. The van der Waals surface area contributed by atoms with Crippen molar-refractivity contribution >= 4 is 15.7 Å². The summed E-state index contributed by atoms with van der Waals surface area (Å²) in [5.74, 6) is 0.993. The van der Waals surface area contributed by atoms with Gasteiger partial charge in [-0.05, 0) is 19.8 Å². The number of hydrogen-bond donors (Lipinski definition) is 1. The van der Waals surface area contributed by atoms with Crippen molar-refractivity contribution in [3.63, 3.8) is 0 Å². The molecule has 7 nitrogen and oxygen atoms in total. The number of aromatic nitrogens is 2. The second-order valence-electron chi connectivity index (χ2n) is 7.14. The smallest absolute Gasteiger partial charge is 0.180 e. The first-order chi connectivity index (χ1) is 11.9. The van der Waals surface area contributed by atoms with Gasteiger partial charge in [0.05, 0.1) is 19.4 Å². The van der Waals surface area contributed by atoms with Gasteiger partial charge >= 0.3 is 0 Å². The van der Waals surface area contributed by atoms with Gasteiger partial charge in [0.1, 0.15) is 16.5 Å². The minimum atomic E-state index is -3.37. The van der Waals surface area contributed by atoms with Gasteiger partial charge in [-0.2, -0.15) is 0 Å². The molecular weight excluding hydrogens is 340 g/mol. The van der Waals surface area contributed by atoms with Crippen molar-refractivity contribution in [1.82, 2.24) is 14.9 Å². The van der Waals surface area contributed by atoms with Crippen molar-refractivity contribution in [3.05, 3.63) is 12.0 Å². The summed E-state index contributed by atoms with van der Waals surface area (Å²) in [7, 11) is -3.37. The Bertz CT molecular complexity index is 696. The Morgan fingerprint density at radius 2 is 1.92 bits per heavy atom. The Hall–Kier alpha value is -1.25. The van der Waals surface area contributed by atoms with E-state index in [1.54, 1.807) is 6.92 Å². The highest BCUT2D eigenvalue weighted by atomic mass is 32.2. The highest BCUT2D eigenvalue weighted by Gasteiger charge is 2.38. The molecule has 0 radical (unpaired) electrons. The molecule has 2 heterocycles. The number of aryl methyl sites for hydroxylation is 1. The summed E-state index contributed by atoms with van der Waals surface area (Å²) in [5.41, 5.74) is 0.0512. The van der Waals surface area contributed by atoms with Crippen LogP contribution in [-0.4, -0.2) is 67.9 Å². The summed E-state index contributed by atoms with van der Waals surface area (Å²) in [6, 6.07) is 0. The third kappa shape index (κ3) is 4.30. The average Bonchev–Trinajstić information content (AvgIpc) is 2.60. The number of nitrogens with zero attached hydrogens (tertiary/aromatic N) is 3. The fourth-order valence-electron chi connectivity index (χ4n) is 3.96. The Kier molecular flexibility index (Phi) is 5.60.